The second-order valence-corrected chi connectivity index (χ2v) is 3.61. The lowest BCUT2D eigenvalue weighted by atomic mass is 9.96. The summed E-state index contributed by atoms with van der Waals surface area (Å²) in [7, 11) is 1.55. The highest BCUT2D eigenvalue weighted by molar-refractivity contribution is 5.89. The van der Waals surface area contributed by atoms with Crippen LogP contribution in [-0.2, 0) is 9.53 Å². The summed E-state index contributed by atoms with van der Waals surface area (Å²) < 4.78 is 5.13. The van der Waals surface area contributed by atoms with Gasteiger partial charge in [0.1, 0.15) is 0 Å². The number of hydrogen-bond donors (Lipinski definition) is 0. The molecule has 16 heavy (non-hydrogen) atoms. The van der Waals surface area contributed by atoms with Crippen molar-refractivity contribution in [2.24, 2.45) is 0 Å². The molecule has 0 N–H and O–H groups in total. The minimum absolute atomic E-state index is 0.0216. The molecule has 0 aromatic heterocycles. The number of amides is 1. The molecule has 0 bridgehead atoms. The highest BCUT2D eigenvalue weighted by atomic mass is 16.5. The summed E-state index contributed by atoms with van der Waals surface area (Å²) in [6.45, 7) is 4.29. The number of ether oxygens (including phenoxy) is 1. The standard InChI is InChI=1S/C13H17NO2/c1-4-6-8-10-14-11(9-7-5-2)12(16-3)13(14)15/h1,5,7,9,11-12H,2,6,8,10H2,3H3/b9-7+/t11-,12+/m0/s1. The van der Waals surface area contributed by atoms with E-state index in [1.54, 1.807) is 18.1 Å². The molecular weight excluding hydrogens is 202 g/mol. The van der Waals surface area contributed by atoms with E-state index in [4.69, 9.17) is 11.2 Å². The number of nitrogens with zero attached hydrogens (tertiary/aromatic N) is 1. The predicted octanol–water partition coefficient (Wildman–Crippen LogP) is 1.37. The van der Waals surface area contributed by atoms with Crippen LogP contribution in [0, 0.1) is 12.3 Å². The summed E-state index contributed by atoms with van der Waals surface area (Å²) in [5.41, 5.74) is 0. The van der Waals surface area contributed by atoms with Crippen LogP contribution in [0.2, 0.25) is 0 Å². The SMILES string of the molecule is C#CCCCN1C(=O)[C@H](OC)[C@@H]1/C=C/C=C. The maximum atomic E-state index is 11.7. The quantitative estimate of drug-likeness (QED) is 0.292. The maximum Gasteiger partial charge on any atom is 0.254 e. The fourth-order valence-electron chi connectivity index (χ4n) is 1.79. The van der Waals surface area contributed by atoms with Gasteiger partial charge in [-0.3, -0.25) is 4.79 Å². The van der Waals surface area contributed by atoms with Gasteiger partial charge in [-0.05, 0) is 6.42 Å². The molecule has 3 nitrogen and oxygen atoms in total. The Kier molecular flexibility index (Phi) is 4.81. The number of unbranched alkanes of at least 4 members (excludes halogenated alkanes) is 1. The molecule has 0 aliphatic carbocycles. The largest absolute Gasteiger partial charge is 0.369 e. The Labute approximate surface area is 96.8 Å². The highest BCUT2D eigenvalue weighted by Gasteiger charge is 2.45. The average molecular weight is 219 g/mol. The van der Waals surface area contributed by atoms with Crippen LogP contribution in [0.15, 0.2) is 24.8 Å². The van der Waals surface area contributed by atoms with E-state index in [1.165, 1.54) is 0 Å². The van der Waals surface area contributed by atoms with Gasteiger partial charge >= 0.3 is 0 Å². The van der Waals surface area contributed by atoms with E-state index < -0.39 is 0 Å². The summed E-state index contributed by atoms with van der Waals surface area (Å²) >= 11 is 0. The van der Waals surface area contributed by atoms with Crippen molar-refractivity contribution in [3.8, 4) is 12.3 Å². The van der Waals surface area contributed by atoms with Gasteiger partial charge in [0.15, 0.2) is 6.10 Å². The number of hydrogen-bond acceptors (Lipinski definition) is 2. The fourth-order valence-corrected chi connectivity index (χ4v) is 1.79. The van der Waals surface area contributed by atoms with Crippen LogP contribution in [-0.4, -0.2) is 36.6 Å². The number of β-lactam (4-membered cyclic amide) rings is 1. The third-order valence-corrected chi connectivity index (χ3v) is 2.61. The molecule has 0 unspecified atom stereocenters. The minimum atomic E-state index is -0.345. The van der Waals surface area contributed by atoms with Gasteiger partial charge in [0.2, 0.25) is 0 Å². The van der Waals surface area contributed by atoms with Crippen LogP contribution in [0.5, 0.6) is 0 Å². The second-order valence-electron chi connectivity index (χ2n) is 3.61. The summed E-state index contributed by atoms with van der Waals surface area (Å²) in [5.74, 6) is 2.61. The molecule has 1 fully saturated rings. The van der Waals surface area contributed by atoms with Crippen LogP contribution in [0.3, 0.4) is 0 Å². The lowest BCUT2D eigenvalue weighted by Crippen LogP contribution is -2.64. The molecule has 1 rings (SSSR count). The topological polar surface area (TPSA) is 29.5 Å². The van der Waals surface area contributed by atoms with E-state index in [-0.39, 0.29) is 18.1 Å². The molecule has 0 aromatic rings. The van der Waals surface area contributed by atoms with Crippen molar-refractivity contribution in [3.63, 3.8) is 0 Å². The molecule has 0 saturated carbocycles. The number of carbonyl (C=O) groups excluding carboxylic acids is 1. The van der Waals surface area contributed by atoms with Gasteiger partial charge in [-0.15, -0.1) is 12.3 Å². The van der Waals surface area contributed by atoms with Crippen molar-refractivity contribution in [1.29, 1.82) is 0 Å². The van der Waals surface area contributed by atoms with E-state index in [0.29, 0.717) is 13.0 Å². The Hall–Kier alpha value is -1.53. The van der Waals surface area contributed by atoms with Crippen molar-refractivity contribution in [2.45, 2.75) is 25.0 Å². The van der Waals surface area contributed by atoms with Crippen molar-refractivity contribution in [1.82, 2.24) is 4.90 Å². The lowest BCUT2D eigenvalue weighted by molar-refractivity contribution is -0.165. The zero-order chi connectivity index (χ0) is 12.0. The minimum Gasteiger partial charge on any atom is -0.369 e. The Balaban J connectivity index is 2.54. The van der Waals surface area contributed by atoms with Gasteiger partial charge < -0.3 is 9.64 Å². The molecule has 1 aliphatic rings. The van der Waals surface area contributed by atoms with E-state index in [1.807, 2.05) is 12.2 Å². The number of likely N-dealkylation sites (tertiary alicyclic amines) is 1. The Morgan fingerprint density at radius 2 is 2.44 bits per heavy atom. The number of rotatable bonds is 6. The Bertz CT molecular complexity index is 327. The zero-order valence-electron chi connectivity index (χ0n) is 9.56. The first kappa shape index (κ1) is 12.5. The van der Waals surface area contributed by atoms with Crippen LogP contribution >= 0.6 is 0 Å². The molecule has 3 heteroatoms. The molecule has 1 aliphatic heterocycles. The predicted molar refractivity (Wildman–Crippen MR) is 63.7 cm³/mol. The van der Waals surface area contributed by atoms with E-state index in [0.717, 1.165) is 6.42 Å². The monoisotopic (exact) mass is 219 g/mol. The third-order valence-electron chi connectivity index (χ3n) is 2.61. The summed E-state index contributed by atoms with van der Waals surface area (Å²) in [5, 5.41) is 0. The first-order valence-corrected chi connectivity index (χ1v) is 5.32. The summed E-state index contributed by atoms with van der Waals surface area (Å²) in [6.07, 6.45) is 11.8. The van der Waals surface area contributed by atoms with Gasteiger partial charge in [-0.2, -0.15) is 0 Å². The van der Waals surface area contributed by atoms with Gasteiger partial charge in [0.05, 0.1) is 6.04 Å². The highest BCUT2D eigenvalue weighted by Crippen LogP contribution is 2.24. The Morgan fingerprint density at radius 3 is 3.00 bits per heavy atom. The molecule has 1 heterocycles. The number of carbonyl (C=O) groups is 1. The van der Waals surface area contributed by atoms with Crippen LogP contribution in [0.1, 0.15) is 12.8 Å². The third kappa shape index (κ3) is 2.53. The summed E-state index contributed by atoms with van der Waals surface area (Å²) in [6, 6.07) is 0.0216. The molecule has 0 spiro atoms. The van der Waals surface area contributed by atoms with Gasteiger partial charge in [0.25, 0.3) is 5.91 Å². The van der Waals surface area contributed by atoms with Gasteiger partial charge in [0, 0.05) is 20.1 Å². The number of methoxy groups -OCH3 is 1. The van der Waals surface area contributed by atoms with Gasteiger partial charge in [-0.1, -0.05) is 24.8 Å². The molecule has 0 aromatic carbocycles. The first-order chi connectivity index (χ1) is 7.76. The van der Waals surface area contributed by atoms with Crippen LogP contribution in [0.4, 0.5) is 0 Å². The molecular formula is C13H17NO2. The molecule has 86 valence electrons. The van der Waals surface area contributed by atoms with Crippen LogP contribution in [0.25, 0.3) is 0 Å². The van der Waals surface area contributed by atoms with E-state index in [9.17, 15) is 4.79 Å². The Morgan fingerprint density at radius 1 is 1.69 bits per heavy atom. The number of terminal acetylenes is 1. The van der Waals surface area contributed by atoms with Crippen LogP contribution < -0.4 is 0 Å². The smallest absolute Gasteiger partial charge is 0.254 e. The molecule has 0 radical (unpaired) electrons. The lowest BCUT2D eigenvalue weighted by Gasteiger charge is -2.44. The fraction of sp³-hybridized carbons (Fsp3) is 0.462. The zero-order valence-corrected chi connectivity index (χ0v) is 9.56. The molecule has 1 saturated heterocycles. The van der Waals surface area contributed by atoms with Crippen molar-refractivity contribution >= 4 is 5.91 Å². The normalized spacial score (nSPS) is 24.2. The second kappa shape index (κ2) is 6.14. The van der Waals surface area contributed by atoms with Crippen molar-refractivity contribution < 1.29 is 9.53 Å². The summed E-state index contributed by atoms with van der Waals surface area (Å²) in [4.78, 5) is 13.4. The maximum absolute atomic E-state index is 11.7. The van der Waals surface area contributed by atoms with Crippen molar-refractivity contribution in [2.75, 3.05) is 13.7 Å². The molecule has 2 atom stereocenters. The first-order valence-electron chi connectivity index (χ1n) is 5.32. The van der Waals surface area contributed by atoms with Gasteiger partial charge in [-0.25, -0.2) is 0 Å². The molecule has 1 amide bonds. The van der Waals surface area contributed by atoms with E-state index >= 15 is 0 Å². The van der Waals surface area contributed by atoms with E-state index in [2.05, 4.69) is 12.5 Å². The van der Waals surface area contributed by atoms with Crippen molar-refractivity contribution in [3.05, 3.63) is 24.8 Å². The number of allylic oxidation sites excluding steroid dienone is 2. The average Bonchev–Trinajstić information content (AvgIpc) is 2.29.